The van der Waals surface area contributed by atoms with Crippen molar-refractivity contribution in [2.75, 3.05) is 5.32 Å². The van der Waals surface area contributed by atoms with Gasteiger partial charge in [0.25, 0.3) is 11.8 Å². The van der Waals surface area contributed by atoms with E-state index in [0.29, 0.717) is 35.7 Å². The first-order chi connectivity index (χ1) is 12.6. The molecule has 0 aliphatic carbocycles. The van der Waals surface area contributed by atoms with Gasteiger partial charge in [-0.25, -0.2) is 0 Å². The van der Waals surface area contributed by atoms with E-state index in [1.54, 1.807) is 31.2 Å². The lowest BCUT2D eigenvalue weighted by Gasteiger charge is -2.07. The molecule has 2 aromatic heterocycles. The Morgan fingerprint density at radius 1 is 1.12 bits per heavy atom. The SMILES string of the molecule is CCc1noc(C)c1C(=O)NCc1ccc(NC(=O)c2ccco2)cc1. The largest absolute Gasteiger partial charge is 0.459 e. The van der Waals surface area contributed by atoms with Crippen molar-refractivity contribution in [3.05, 3.63) is 71.0 Å². The number of furan rings is 1. The lowest BCUT2D eigenvalue weighted by Crippen LogP contribution is -2.24. The number of carbonyl (C=O) groups is 2. The molecule has 134 valence electrons. The maximum Gasteiger partial charge on any atom is 0.291 e. The van der Waals surface area contributed by atoms with Gasteiger partial charge in [0.1, 0.15) is 11.3 Å². The van der Waals surface area contributed by atoms with Gasteiger partial charge in [-0.05, 0) is 43.2 Å². The van der Waals surface area contributed by atoms with Gasteiger partial charge < -0.3 is 19.6 Å². The van der Waals surface area contributed by atoms with E-state index in [-0.39, 0.29) is 17.6 Å². The molecule has 2 amide bonds. The van der Waals surface area contributed by atoms with Gasteiger partial charge in [-0.1, -0.05) is 24.2 Å². The van der Waals surface area contributed by atoms with Crippen LogP contribution in [0.25, 0.3) is 0 Å². The molecule has 7 heteroatoms. The van der Waals surface area contributed by atoms with Crippen LogP contribution in [0.5, 0.6) is 0 Å². The summed E-state index contributed by atoms with van der Waals surface area (Å²) in [6.45, 7) is 4.00. The Balaban J connectivity index is 1.58. The second-order valence-corrected chi connectivity index (χ2v) is 5.73. The van der Waals surface area contributed by atoms with Gasteiger partial charge in [-0.15, -0.1) is 0 Å². The Labute approximate surface area is 150 Å². The molecule has 0 aliphatic rings. The zero-order valence-corrected chi connectivity index (χ0v) is 14.5. The van der Waals surface area contributed by atoms with Crippen LogP contribution in [0.3, 0.4) is 0 Å². The summed E-state index contributed by atoms with van der Waals surface area (Å²) in [5.41, 5.74) is 2.69. The van der Waals surface area contributed by atoms with Gasteiger partial charge in [0.05, 0.1) is 12.0 Å². The lowest BCUT2D eigenvalue weighted by atomic mass is 10.1. The molecule has 0 fully saturated rings. The number of aromatic nitrogens is 1. The molecule has 0 bridgehead atoms. The topological polar surface area (TPSA) is 97.4 Å². The van der Waals surface area contributed by atoms with Crippen LogP contribution in [-0.4, -0.2) is 17.0 Å². The van der Waals surface area contributed by atoms with Crippen LogP contribution in [0, 0.1) is 6.92 Å². The minimum absolute atomic E-state index is 0.212. The van der Waals surface area contributed by atoms with E-state index in [9.17, 15) is 9.59 Å². The van der Waals surface area contributed by atoms with Gasteiger partial charge >= 0.3 is 0 Å². The summed E-state index contributed by atoms with van der Waals surface area (Å²) in [6, 6.07) is 10.5. The van der Waals surface area contributed by atoms with Crippen molar-refractivity contribution < 1.29 is 18.5 Å². The number of aryl methyl sites for hydroxylation is 2. The van der Waals surface area contributed by atoms with E-state index in [1.807, 2.05) is 19.1 Å². The number of carbonyl (C=O) groups excluding carboxylic acids is 2. The molecule has 26 heavy (non-hydrogen) atoms. The molecule has 0 saturated heterocycles. The van der Waals surface area contributed by atoms with Crippen molar-refractivity contribution >= 4 is 17.5 Å². The number of anilines is 1. The van der Waals surface area contributed by atoms with Crippen LogP contribution in [-0.2, 0) is 13.0 Å². The Kier molecular flexibility index (Phi) is 5.17. The standard InChI is InChI=1S/C19H19N3O4/c1-3-15-17(12(2)26-22-15)19(24)20-11-13-6-8-14(9-7-13)21-18(23)16-5-4-10-25-16/h4-10H,3,11H2,1-2H3,(H,20,24)(H,21,23). The summed E-state index contributed by atoms with van der Waals surface area (Å²) in [5, 5.41) is 9.49. The fourth-order valence-electron chi connectivity index (χ4n) is 2.53. The van der Waals surface area contributed by atoms with Crippen LogP contribution in [0.15, 0.2) is 51.6 Å². The fourth-order valence-corrected chi connectivity index (χ4v) is 2.53. The lowest BCUT2D eigenvalue weighted by molar-refractivity contribution is 0.0947. The maximum atomic E-state index is 12.3. The maximum absolute atomic E-state index is 12.3. The molecule has 0 atom stereocenters. The molecule has 2 N–H and O–H groups in total. The predicted molar refractivity (Wildman–Crippen MR) is 94.9 cm³/mol. The summed E-state index contributed by atoms with van der Waals surface area (Å²) in [6.07, 6.45) is 2.08. The highest BCUT2D eigenvalue weighted by molar-refractivity contribution is 6.02. The molecular formula is C19H19N3O4. The number of nitrogens with zero attached hydrogens (tertiary/aromatic N) is 1. The van der Waals surface area contributed by atoms with E-state index in [4.69, 9.17) is 8.94 Å². The van der Waals surface area contributed by atoms with E-state index in [0.717, 1.165) is 5.56 Å². The van der Waals surface area contributed by atoms with E-state index in [1.165, 1.54) is 6.26 Å². The zero-order valence-electron chi connectivity index (χ0n) is 14.5. The number of hydrogen-bond acceptors (Lipinski definition) is 5. The van der Waals surface area contributed by atoms with Crippen LogP contribution in [0.4, 0.5) is 5.69 Å². The van der Waals surface area contributed by atoms with Gasteiger partial charge in [-0.2, -0.15) is 0 Å². The van der Waals surface area contributed by atoms with Crippen molar-refractivity contribution in [3.63, 3.8) is 0 Å². The van der Waals surface area contributed by atoms with Crippen molar-refractivity contribution in [1.82, 2.24) is 10.5 Å². The van der Waals surface area contributed by atoms with E-state index in [2.05, 4.69) is 15.8 Å². The first-order valence-corrected chi connectivity index (χ1v) is 8.25. The Morgan fingerprint density at radius 3 is 2.54 bits per heavy atom. The van der Waals surface area contributed by atoms with Crippen LogP contribution in [0.2, 0.25) is 0 Å². The highest BCUT2D eigenvalue weighted by Gasteiger charge is 2.18. The Morgan fingerprint density at radius 2 is 1.88 bits per heavy atom. The summed E-state index contributed by atoms with van der Waals surface area (Å²) in [5.74, 6) is 0.231. The molecule has 0 spiro atoms. The Hall–Kier alpha value is -3.35. The number of rotatable bonds is 6. The van der Waals surface area contributed by atoms with Gasteiger partial charge in [0, 0.05) is 12.2 Å². The quantitative estimate of drug-likeness (QED) is 0.708. The second-order valence-electron chi connectivity index (χ2n) is 5.73. The summed E-state index contributed by atoms with van der Waals surface area (Å²) < 4.78 is 10.1. The van der Waals surface area contributed by atoms with Crippen molar-refractivity contribution in [3.8, 4) is 0 Å². The first-order valence-electron chi connectivity index (χ1n) is 8.25. The third kappa shape index (κ3) is 3.83. The van der Waals surface area contributed by atoms with Crippen LogP contribution >= 0.6 is 0 Å². The number of nitrogens with one attached hydrogen (secondary N) is 2. The van der Waals surface area contributed by atoms with Gasteiger partial charge in [0.2, 0.25) is 0 Å². The average Bonchev–Trinajstić information content (AvgIpc) is 3.30. The monoisotopic (exact) mass is 353 g/mol. The average molecular weight is 353 g/mol. The molecule has 2 heterocycles. The van der Waals surface area contributed by atoms with E-state index >= 15 is 0 Å². The number of benzene rings is 1. The van der Waals surface area contributed by atoms with Crippen molar-refractivity contribution in [2.24, 2.45) is 0 Å². The molecule has 0 unspecified atom stereocenters. The minimum atomic E-state index is -0.314. The third-order valence-corrected chi connectivity index (χ3v) is 3.91. The normalized spacial score (nSPS) is 10.5. The molecule has 1 aromatic carbocycles. The van der Waals surface area contributed by atoms with Crippen LogP contribution in [0.1, 0.15) is 44.9 Å². The molecular weight excluding hydrogens is 334 g/mol. The molecule has 0 radical (unpaired) electrons. The zero-order chi connectivity index (χ0) is 18.5. The van der Waals surface area contributed by atoms with Crippen molar-refractivity contribution in [1.29, 1.82) is 0 Å². The number of amides is 2. The summed E-state index contributed by atoms with van der Waals surface area (Å²) >= 11 is 0. The first kappa shape index (κ1) is 17.5. The van der Waals surface area contributed by atoms with E-state index < -0.39 is 0 Å². The minimum Gasteiger partial charge on any atom is -0.459 e. The smallest absolute Gasteiger partial charge is 0.291 e. The highest BCUT2D eigenvalue weighted by atomic mass is 16.5. The summed E-state index contributed by atoms with van der Waals surface area (Å²) in [4.78, 5) is 24.3. The van der Waals surface area contributed by atoms with Gasteiger partial charge in [-0.3, -0.25) is 9.59 Å². The number of hydrogen-bond donors (Lipinski definition) is 2. The van der Waals surface area contributed by atoms with Crippen LogP contribution < -0.4 is 10.6 Å². The van der Waals surface area contributed by atoms with Gasteiger partial charge in [0.15, 0.2) is 5.76 Å². The summed E-state index contributed by atoms with van der Waals surface area (Å²) in [7, 11) is 0. The highest BCUT2D eigenvalue weighted by Crippen LogP contribution is 2.15. The third-order valence-electron chi connectivity index (χ3n) is 3.91. The Bertz CT molecular complexity index is 896. The molecule has 3 aromatic rings. The molecule has 7 nitrogen and oxygen atoms in total. The molecule has 3 rings (SSSR count). The molecule has 0 aliphatic heterocycles. The van der Waals surface area contributed by atoms with Crippen molar-refractivity contribution in [2.45, 2.75) is 26.8 Å². The fraction of sp³-hybridized carbons (Fsp3) is 0.211. The molecule has 0 saturated carbocycles. The second kappa shape index (κ2) is 7.69. The predicted octanol–water partition coefficient (Wildman–Crippen LogP) is 3.32.